The summed E-state index contributed by atoms with van der Waals surface area (Å²) in [7, 11) is 0. The Morgan fingerprint density at radius 1 is 1.44 bits per heavy atom. The average Bonchev–Trinajstić information content (AvgIpc) is 2.95. The van der Waals surface area contributed by atoms with Crippen LogP contribution >= 0.6 is 22.7 Å². The van der Waals surface area contributed by atoms with E-state index in [2.05, 4.69) is 22.6 Å². The molecule has 0 saturated heterocycles. The van der Waals surface area contributed by atoms with Gasteiger partial charge in [0.05, 0.1) is 10.7 Å². The van der Waals surface area contributed by atoms with E-state index in [-0.39, 0.29) is 0 Å². The first kappa shape index (κ1) is 12.3. The molecule has 1 unspecified atom stereocenters. The van der Waals surface area contributed by atoms with Crippen molar-refractivity contribution >= 4 is 22.7 Å². The fourth-order valence-electron chi connectivity index (χ4n) is 2.43. The van der Waals surface area contributed by atoms with Crippen LogP contribution in [0, 0.1) is 6.92 Å². The summed E-state index contributed by atoms with van der Waals surface area (Å²) < 4.78 is 0. The molecule has 0 radical (unpaired) electrons. The van der Waals surface area contributed by atoms with Crippen LogP contribution in [-0.2, 0) is 6.42 Å². The molecule has 3 rings (SSSR count). The summed E-state index contributed by atoms with van der Waals surface area (Å²) >= 11 is 3.52. The number of rotatable bonds is 3. The van der Waals surface area contributed by atoms with Gasteiger partial charge in [0.25, 0.3) is 0 Å². The molecule has 0 fully saturated rings. The lowest BCUT2D eigenvalue weighted by molar-refractivity contribution is 0.476. The molecule has 0 bridgehead atoms. The number of aryl methyl sites for hydroxylation is 2. The van der Waals surface area contributed by atoms with E-state index in [1.165, 1.54) is 23.4 Å². The van der Waals surface area contributed by atoms with Gasteiger partial charge in [0.1, 0.15) is 10.7 Å². The van der Waals surface area contributed by atoms with Crippen molar-refractivity contribution in [3.8, 4) is 10.7 Å². The van der Waals surface area contributed by atoms with Gasteiger partial charge in [-0.1, -0.05) is 6.92 Å². The summed E-state index contributed by atoms with van der Waals surface area (Å²) in [5, 5.41) is 7.88. The van der Waals surface area contributed by atoms with Crippen LogP contribution in [0.2, 0.25) is 0 Å². The summed E-state index contributed by atoms with van der Waals surface area (Å²) in [6, 6.07) is 0.504. The molecule has 0 aromatic carbocycles. The van der Waals surface area contributed by atoms with Crippen LogP contribution in [0.1, 0.15) is 41.4 Å². The maximum atomic E-state index is 4.79. The minimum Gasteiger partial charge on any atom is -0.309 e. The lowest BCUT2D eigenvalue weighted by atomic mass is 9.98. The first-order valence-electron chi connectivity index (χ1n) is 6.43. The van der Waals surface area contributed by atoms with Gasteiger partial charge in [-0.05, 0) is 32.7 Å². The molecular formula is C13H17N3S2. The number of hydrogen-bond acceptors (Lipinski definition) is 5. The highest BCUT2D eigenvalue weighted by Crippen LogP contribution is 2.37. The van der Waals surface area contributed by atoms with E-state index < -0.39 is 0 Å². The quantitative estimate of drug-likeness (QED) is 0.933. The summed E-state index contributed by atoms with van der Waals surface area (Å²) in [6.45, 7) is 5.23. The Hall–Kier alpha value is -0.780. The fraction of sp³-hybridized carbons (Fsp3) is 0.538. The number of hydrogen-bond donors (Lipinski definition) is 1. The second-order valence-electron chi connectivity index (χ2n) is 4.58. The molecule has 18 heavy (non-hydrogen) atoms. The second kappa shape index (κ2) is 5.07. The van der Waals surface area contributed by atoms with E-state index in [1.807, 2.05) is 18.3 Å². The van der Waals surface area contributed by atoms with Crippen molar-refractivity contribution in [3.05, 3.63) is 21.0 Å². The maximum absolute atomic E-state index is 4.79. The molecule has 1 aliphatic rings. The molecule has 2 aromatic rings. The van der Waals surface area contributed by atoms with E-state index in [0.717, 1.165) is 28.7 Å². The topological polar surface area (TPSA) is 37.8 Å². The molecule has 3 nitrogen and oxygen atoms in total. The SMILES string of the molecule is CCNC1CCCc2nc(-c3csc(C)n3)sc21. The van der Waals surface area contributed by atoms with Gasteiger partial charge in [-0.15, -0.1) is 22.7 Å². The van der Waals surface area contributed by atoms with Gasteiger partial charge in [-0.25, -0.2) is 9.97 Å². The highest BCUT2D eigenvalue weighted by atomic mass is 32.1. The summed E-state index contributed by atoms with van der Waals surface area (Å²) in [5.41, 5.74) is 2.34. The Kier molecular flexibility index (Phi) is 3.46. The molecule has 0 spiro atoms. The Labute approximate surface area is 115 Å². The van der Waals surface area contributed by atoms with E-state index in [1.54, 1.807) is 11.3 Å². The van der Waals surface area contributed by atoms with Gasteiger partial charge >= 0.3 is 0 Å². The largest absolute Gasteiger partial charge is 0.309 e. The standard InChI is InChI=1S/C13H17N3S2/c1-3-14-9-5-4-6-10-12(9)18-13(16-10)11-7-17-8(2)15-11/h7,9,14H,3-6H2,1-2H3. The third kappa shape index (κ3) is 2.22. The van der Waals surface area contributed by atoms with Crippen molar-refractivity contribution in [2.24, 2.45) is 0 Å². The number of fused-ring (bicyclic) bond motifs is 1. The Morgan fingerprint density at radius 3 is 3.06 bits per heavy atom. The highest BCUT2D eigenvalue weighted by Gasteiger charge is 2.24. The summed E-state index contributed by atoms with van der Waals surface area (Å²) in [5.74, 6) is 0. The molecule has 1 atom stereocenters. The first-order valence-corrected chi connectivity index (χ1v) is 8.13. The van der Waals surface area contributed by atoms with Gasteiger partial charge in [0, 0.05) is 16.3 Å². The zero-order valence-corrected chi connectivity index (χ0v) is 12.3. The minimum absolute atomic E-state index is 0.504. The third-order valence-electron chi connectivity index (χ3n) is 3.24. The molecule has 0 saturated carbocycles. The third-order valence-corrected chi connectivity index (χ3v) is 5.25. The predicted molar refractivity (Wildman–Crippen MR) is 77.3 cm³/mol. The van der Waals surface area contributed by atoms with Crippen LogP contribution < -0.4 is 5.32 Å². The van der Waals surface area contributed by atoms with Gasteiger partial charge < -0.3 is 5.32 Å². The van der Waals surface area contributed by atoms with E-state index >= 15 is 0 Å². The maximum Gasteiger partial charge on any atom is 0.143 e. The highest BCUT2D eigenvalue weighted by molar-refractivity contribution is 7.16. The van der Waals surface area contributed by atoms with E-state index in [0.29, 0.717) is 6.04 Å². The molecule has 1 aliphatic carbocycles. The summed E-state index contributed by atoms with van der Waals surface area (Å²) in [6.07, 6.45) is 3.60. The van der Waals surface area contributed by atoms with E-state index in [4.69, 9.17) is 4.98 Å². The molecule has 96 valence electrons. The fourth-order valence-corrected chi connectivity index (χ4v) is 4.29. The van der Waals surface area contributed by atoms with Crippen molar-refractivity contribution in [2.75, 3.05) is 6.54 Å². The lowest BCUT2D eigenvalue weighted by Crippen LogP contribution is -2.23. The van der Waals surface area contributed by atoms with Crippen molar-refractivity contribution in [1.29, 1.82) is 0 Å². The smallest absolute Gasteiger partial charge is 0.143 e. The Balaban J connectivity index is 1.95. The van der Waals surface area contributed by atoms with Crippen molar-refractivity contribution < 1.29 is 0 Å². The van der Waals surface area contributed by atoms with Crippen LogP contribution in [0.5, 0.6) is 0 Å². The van der Waals surface area contributed by atoms with Gasteiger partial charge in [0.15, 0.2) is 0 Å². The first-order chi connectivity index (χ1) is 8.78. The molecule has 5 heteroatoms. The van der Waals surface area contributed by atoms with Crippen molar-refractivity contribution in [2.45, 2.75) is 39.2 Å². The van der Waals surface area contributed by atoms with Crippen molar-refractivity contribution in [1.82, 2.24) is 15.3 Å². The Morgan fingerprint density at radius 2 is 2.33 bits per heavy atom. The minimum atomic E-state index is 0.504. The number of nitrogens with one attached hydrogen (secondary N) is 1. The Bertz CT molecular complexity index is 544. The molecule has 1 N–H and O–H groups in total. The van der Waals surface area contributed by atoms with Gasteiger partial charge in [-0.2, -0.15) is 0 Å². The van der Waals surface area contributed by atoms with Crippen LogP contribution in [-0.4, -0.2) is 16.5 Å². The van der Waals surface area contributed by atoms with Crippen LogP contribution in [0.3, 0.4) is 0 Å². The normalized spacial score (nSPS) is 18.9. The second-order valence-corrected chi connectivity index (χ2v) is 6.68. The van der Waals surface area contributed by atoms with E-state index in [9.17, 15) is 0 Å². The lowest BCUT2D eigenvalue weighted by Gasteiger charge is -2.21. The molecule has 0 aliphatic heterocycles. The van der Waals surface area contributed by atoms with Crippen molar-refractivity contribution in [3.63, 3.8) is 0 Å². The molecular weight excluding hydrogens is 262 g/mol. The number of aromatic nitrogens is 2. The predicted octanol–water partition coefficient (Wildman–Crippen LogP) is 3.56. The molecule has 2 heterocycles. The number of thiazole rings is 2. The van der Waals surface area contributed by atoms with Crippen LogP contribution in [0.25, 0.3) is 10.7 Å². The monoisotopic (exact) mass is 279 g/mol. The van der Waals surface area contributed by atoms with Crippen LogP contribution in [0.15, 0.2) is 5.38 Å². The number of nitrogens with zero attached hydrogens (tertiary/aromatic N) is 2. The zero-order valence-electron chi connectivity index (χ0n) is 10.7. The van der Waals surface area contributed by atoms with Gasteiger partial charge in [-0.3, -0.25) is 0 Å². The zero-order chi connectivity index (χ0) is 12.5. The van der Waals surface area contributed by atoms with Crippen LogP contribution in [0.4, 0.5) is 0 Å². The average molecular weight is 279 g/mol. The molecule has 0 amide bonds. The van der Waals surface area contributed by atoms with Gasteiger partial charge in [0.2, 0.25) is 0 Å². The molecule has 2 aromatic heterocycles. The summed E-state index contributed by atoms with van der Waals surface area (Å²) in [4.78, 5) is 10.8.